The number of rotatable bonds is 8. The molecule has 0 aliphatic heterocycles. The number of halogens is 1. The van der Waals surface area contributed by atoms with E-state index in [9.17, 15) is 14.3 Å². The Morgan fingerprint density at radius 1 is 1.36 bits per heavy atom. The van der Waals surface area contributed by atoms with Crippen molar-refractivity contribution in [3.05, 3.63) is 35.6 Å². The Kier molecular flexibility index (Phi) is 5.91. The highest BCUT2D eigenvalue weighted by Crippen LogP contribution is 2.47. The summed E-state index contributed by atoms with van der Waals surface area (Å²) in [5, 5.41) is 12.5. The van der Waals surface area contributed by atoms with Gasteiger partial charge in [0, 0.05) is 19.1 Å². The van der Waals surface area contributed by atoms with Gasteiger partial charge in [0.15, 0.2) is 0 Å². The molecular formula is C17H24FNO3. The van der Waals surface area contributed by atoms with Gasteiger partial charge < -0.3 is 15.2 Å². The largest absolute Gasteiger partial charge is 0.389 e. The van der Waals surface area contributed by atoms with E-state index in [2.05, 4.69) is 5.32 Å². The first kappa shape index (κ1) is 16.9. The monoisotopic (exact) mass is 309 g/mol. The third kappa shape index (κ3) is 5.07. The Labute approximate surface area is 130 Å². The van der Waals surface area contributed by atoms with E-state index in [0.717, 1.165) is 12.0 Å². The molecular weight excluding hydrogens is 285 g/mol. The third-order valence-electron chi connectivity index (χ3n) is 3.70. The number of ether oxygens (including phenoxy) is 1. The van der Waals surface area contributed by atoms with Gasteiger partial charge in [0.05, 0.1) is 12.7 Å². The van der Waals surface area contributed by atoms with Crippen LogP contribution in [0.25, 0.3) is 0 Å². The molecule has 0 heterocycles. The fourth-order valence-electron chi connectivity index (χ4n) is 2.41. The van der Waals surface area contributed by atoms with Crippen molar-refractivity contribution in [3.8, 4) is 0 Å². The van der Waals surface area contributed by atoms with Gasteiger partial charge in [0.2, 0.25) is 5.91 Å². The van der Waals surface area contributed by atoms with Gasteiger partial charge in [-0.15, -0.1) is 0 Å². The van der Waals surface area contributed by atoms with Crippen LogP contribution >= 0.6 is 0 Å². The van der Waals surface area contributed by atoms with Crippen LogP contribution in [-0.2, 0) is 9.53 Å². The van der Waals surface area contributed by atoms with Crippen molar-refractivity contribution in [3.63, 3.8) is 0 Å². The van der Waals surface area contributed by atoms with Gasteiger partial charge in [-0.1, -0.05) is 26.0 Å². The third-order valence-corrected chi connectivity index (χ3v) is 3.70. The van der Waals surface area contributed by atoms with Crippen LogP contribution in [0.5, 0.6) is 0 Å². The highest BCUT2D eigenvalue weighted by molar-refractivity contribution is 5.82. The van der Waals surface area contributed by atoms with Crippen LogP contribution in [0.2, 0.25) is 0 Å². The molecule has 0 radical (unpaired) electrons. The lowest BCUT2D eigenvalue weighted by molar-refractivity contribution is -0.123. The normalized spacial score (nSPS) is 21.7. The van der Waals surface area contributed by atoms with Gasteiger partial charge in [-0.25, -0.2) is 4.39 Å². The van der Waals surface area contributed by atoms with Crippen molar-refractivity contribution in [1.29, 1.82) is 0 Å². The molecule has 1 aliphatic rings. The molecule has 1 aromatic carbocycles. The number of nitrogens with one attached hydrogen (secondary N) is 1. The van der Waals surface area contributed by atoms with Gasteiger partial charge >= 0.3 is 0 Å². The lowest BCUT2D eigenvalue weighted by Gasteiger charge is -2.13. The predicted molar refractivity (Wildman–Crippen MR) is 81.9 cm³/mol. The summed E-state index contributed by atoms with van der Waals surface area (Å²) in [4.78, 5) is 12.0. The van der Waals surface area contributed by atoms with E-state index in [0.29, 0.717) is 12.5 Å². The summed E-state index contributed by atoms with van der Waals surface area (Å²) in [6.07, 6.45) is 0.0861. The Hall–Kier alpha value is -1.46. The fraction of sp³-hybridized carbons (Fsp3) is 0.588. The zero-order valence-electron chi connectivity index (χ0n) is 13.1. The minimum absolute atomic E-state index is 0.0581. The van der Waals surface area contributed by atoms with Crippen molar-refractivity contribution in [1.82, 2.24) is 5.32 Å². The molecule has 1 amide bonds. The average Bonchev–Trinajstić information content (AvgIpc) is 3.25. The number of hydrogen-bond acceptors (Lipinski definition) is 3. The molecule has 3 unspecified atom stereocenters. The van der Waals surface area contributed by atoms with Crippen LogP contribution in [0.3, 0.4) is 0 Å². The van der Waals surface area contributed by atoms with Crippen LogP contribution in [0.4, 0.5) is 4.39 Å². The molecule has 5 heteroatoms. The molecule has 122 valence electrons. The molecule has 0 bridgehead atoms. The van der Waals surface area contributed by atoms with E-state index in [4.69, 9.17) is 4.74 Å². The van der Waals surface area contributed by atoms with Crippen molar-refractivity contribution < 1.29 is 19.0 Å². The zero-order chi connectivity index (χ0) is 16.1. The predicted octanol–water partition coefficient (Wildman–Crippen LogP) is 2.08. The summed E-state index contributed by atoms with van der Waals surface area (Å²) in [6.45, 7) is 5.10. The number of aliphatic hydroxyl groups excluding tert-OH is 1. The maximum Gasteiger partial charge on any atom is 0.223 e. The van der Waals surface area contributed by atoms with Gasteiger partial charge in [0.1, 0.15) is 5.82 Å². The first-order valence-electron chi connectivity index (χ1n) is 7.76. The Morgan fingerprint density at radius 2 is 2.05 bits per heavy atom. The topological polar surface area (TPSA) is 58.6 Å². The number of carbonyl (C=O) groups excluding carboxylic acids is 1. The summed E-state index contributed by atoms with van der Waals surface area (Å²) in [5.74, 6) is 0.182. The average molecular weight is 309 g/mol. The second kappa shape index (κ2) is 7.70. The highest BCUT2D eigenvalue weighted by atomic mass is 19.1. The molecule has 3 atom stereocenters. The van der Waals surface area contributed by atoms with Crippen molar-refractivity contribution >= 4 is 5.91 Å². The maximum atomic E-state index is 12.9. The molecule has 0 aromatic heterocycles. The maximum absolute atomic E-state index is 12.9. The Morgan fingerprint density at radius 3 is 2.68 bits per heavy atom. The minimum atomic E-state index is -0.689. The zero-order valence-corrected chi connectivity index (χ0v) is 13.1. The van der Waals surface area contributed by atoms with Crippen molar-refractivity contribution in [2.45, 2.75) is 32.3 Å². The van der Waals surface area contributed by atoms with E-state index in [-0.39, 0.29) is 36.7 Å². The number of hydrogen-bond donors (Lipinski definition) is 2. The molecule has 1 fully saturated rings. The summed E-state index contributed by atoms with van der Waals surface area (Å²) >= 11 is 0. The summed E-state index contributed by atoms with van der Waals surface area (Å²) in [7, 11) is 0. The fourth-order valence-corrected chi connectivity index (χ4v) is 2.41. The van der Waals surface area contributed by atoms with Gasteiger partial charge in [-0.3, -0.25) is 4.79 Å². The summed E-state index contributed by atoms with van der Waals surface area (Å²) in [5.41, 5.74) is 0.988. The van der Waals surface area contributed by atoms with Gasteiger partial charge in [0.25, 0.3) is 0 Å². The highest BCUT2D eigenvalue weighted by Gasteiger charge is 2.43. The van der Waals surface area contributed by atoms with Crippen molar-refractivity contribution in [2.24, 2.45) is 11.8 Å². The number of amides is 1. The SMILES string of the molecule is CC(C)COCC(O)CNC(=O)C1CC1c1ccc(F)cc1. The molecule has 2 N–H and O–H groups in total. The number of carbonyl (C=O) groups is 1. The van der Waals surface area contributed by atoms with E-state index >= 15 is 0 Å². The molecule has 1 aliphatic carbocycles. The first-order chi connectivity index (χ1) is 10.5. The Bertz CT molecular complexity index is 489. The van der Waals surface area contributed by atoms with Crippen LogP contribution < -0.4 is 5.32 Å². The Balaban J connectivity index is 1.67. The molecule has 22 heavy (non-hydrogen) atoms. The van der Waals surface area contributed by atoms with Crippen LogP contribution in [0.1, 0.15) is 31.7 Å². The van der Waals surface area contributed by atoms with E-state index < -0.39 is 6.10 Å². The standard InChI is InChI=1S/C17H24FNO3/c1-11(2)9-22-10-14(20)8-19-17(21)16-7-15(16)12-3-5-13(18)6-4-12/h3-6,11,14-16,20H,7-10H2,1-2H3,(H,19,21). The molecule has 1 saturated carbocycles. The number of benzene rings is 1. The quantitative estimate of drug-likeness (QED) is 0.773. The van der Waals surface area contributed by atoms with Gasteiger partial charge in [-0.2, -0.15) is 0 Å². The molecule has 0 saturated heterocycles. The molecule has 2 rings (SSSR count). The van der Waals surface area contributed by atoms with Crippen LogP contribution in [0.15, 0.2) is 24.3 Å². The summed E-state index contributed by atoms with van der Waals surface area (Å²) in [6, 6.07) is 6.28. The van der Waals surface area contributed by atoms with E-state index in [1.165, 1.54) is 12.1 Å². The molecule has 4 nitrogen and oxygen atoms in total. The molecule has 1 aromatic rings. The van der Waals surface area contributed by atoms with E-state index in [1.54, 1.807) is 12.1 Å². The van der Waals surface area contributed by atoms with E-state index in [1.807, 2.05) is 13.8 Å². The lowest BCUT2D eigenvalue weighted by atomic mass is 10.1. The smallest absolute Gasteiger partial charge is 0.223 e. The van der Waals surface area contributed by atoms with Crippen molar-refractivity contribution in [2.75, 3.05) is 19.8 Å². The molecule has 0 spiro atoms. The van der Waals surface area contributed by atoms with Gasteiger partial charge in [-0.05, 0) is 36.0 Å². The number of aliphatic hydroxyl groups is 1. The first-order valence-corrected chi connectivity index (χ1v) is 7.76. The minimum Gasteiger partial charge on any atom is -0.389 e. The van der Waals surface area contributed by atoms with Crippen LogP contribution in [0, 0.1) is 17.7 Å². The summed E-state index contributed by atoms with van der Waals surface area (Å²) < 4.78 is 18.2. The second-order valence-corrected chi connectivity index (χ2v) is 6.33. The van der Waals surface area contributed by atoms with Crippen LogP contribution in [-0.4, -0.2) is 36.9 Å². The second-order valence-electron chi connectivity index (χ2n) is 6.33. The lowest BCUT2D eigenvalue weighted by Crippen LogP contribution is -2.35.